The van der Waals surface area contributed by atoms with Crippen molar-refractivity contribution in [3.8, 4) is 0 Å². The second kappa shape index (κ2) is 9.66. The fraction of sp³-hybridized carbons (Fsp3) is 0.812. The zero-order valence-corrected chi connectivity index (χ0v) is 15.2. The molecule has 0 radical (unpaired) electrons. The molecule has 0 spiro atoms. The van der Waals surface area contributed by atoms with Crippen LogP contribution in [0, 0.1) is 0 Å². The molecule has 2 rings (SSSR count). The van der Waals surface area contributed by atoms with Gasteiger partial charge in [0.1, 0.15) is 0 Å². The number of amides is 2. The third-order valence-electron chi connectivity index (χ3n) is 4.34. The van der Waals surface area contributed by atoms with Gasteiger partial charge in [0.15, 0.2) is 5.11 Å². The van der Waals surface area contributed by atoms with Gasteiger partial charge in [0.05, 0.1) is 13.0 Å². The van der Waals surface area contributed by atoms with Gasteiger partial charge in [-0.2, -0.15) is 0 Å². The highest BCUT2D eigenvalue weighted by atomic mass is 32.1. The van der Waals surface area contributed by atoms with Gasteiger partial charge >= 0.3 is 12.0 Å². The highest BCUT2D eigenvalue weighted by Gasteiger charge is 2.30. The Morgan fingerprint density at radius 3 is 2.54 bits per heavy atom. The molecule has 0 aromatic rings. The van der Waals surface area contributed by atoms with Crippen molar-refractivity contribution < 1.29 is 14.3 Å². The van der Waals surface area contributed by atoms with Crippen LogP contribution >= 0.6 is 12.2 Å². The van der Waals surface area contributed by atoms with Gasteiger partial charge in [-0.1, -0.05) is 19.3 Å². The second-order valence-corrected chi connectivity index (χ2v) is 6.56. The minimum atomic E-state index is -0.249. The van der Waals surface area contributed by atoms with Gasteiger partial charge in [-0.15, -0.1) is 0 Å². The van der Waals surface area contributed by atoms with Gasteiger partial charge in [0, 0.05) is 25.7 Å². The third-order valence-corrected chi connectivity index (χ3v) is 4.70. The molecule has 8 heteroatoms. The molecule has 2 amide bonds. The number of rotatable bonds is 5. The molecule has 0 bridgehead atoms. The summed E-state index contributed by atoms with van der Waals surface area (Å²) in [4.78, 5) is 23.9. The van der Waals surface area contributed by atoms with Crippen molar-refractivity contribution in [2.75, 3.05) is 26.2 Å². The molecule has 136 valence electrons. The topological polar surface area (TPSA) is 73.9 Å². The number of nitrogens with zero attached hydrogens (tertiary/aromatic N) is 2. The lowest BCUT2D eigenvalue weighted by Crippen LogP contribution is -2.54. The van der Waals surface area contributed by atoms with Crippen LogP contribution < -0.4 is 10.6 Å². The molecule has 0 aromatic heterocycles. The lowest BCUT2D eigenvalue weighted by molar-refractivity contribution is -0.142. The van der Waals surface area contributed by atoms with E-state index in [0.717, 1.165) is 19.3 Å². The summed E-state index contributed by atoms with van der Waals surface area (Å²) < 4.78 is 4.88. The summed E-state index contributed by atoms with van der Waals surface area (Å²) in [6.45, 7) is 3.95. The molecule has 2 N–H and O–H groups in total. The first-order valence-electron chi connectivity index (χ1n) is 8.90. The molecule has 7 nitrogen and oxygen atoms in total. The first kappa shape index (κ1) is 18.8. The number of hydrogen-bond acceptors (Lipinski definition) is 4. The Morgan fingerprint density at radius 1 is 1.12 bits per heavy atom. The minimum Gasteiger partial charge on any atom is -0.466 e. The molecular formula is C16H28N4O3S. The number of nitrogens with one attached hydrogen (secondary N) is 2. The molecule has 24 heavy (non-hydrogen) atoms. The maximum Gasteiger partial charge on any atom is 0.336 e. The summed E-state index contributed by atoms with van der Waals surface area (Å²) in [5.41, 5.74) is 0. The first-order valence-corrected chi connectivity index (χ1v) is 9.31. The molecule has 2 aliphatic rings. The van der Waals surface area contributed by atoms with Gasteiger partial charge in [0.25, 0.3) is 0 Å². The summed E-state index contributed by atoms with van der Waals surface area (Å²) in [5, 5.41) is 10.1. The number of thiocarbonyl (C=S) groups is 1. The molecule has 2 fully saturated rings. The maximum absolute atomic E-state index is 12.5. The number of esters is 1. The number of ether oxygens (including phenoxy) is 1. The Bertz CT molecular complexity index is 455. The maximum atomic E-state index is 12.5. The zero-order valence-electron chi connectivity index (χ0n) is 14.4. The zero-order chi connectivity index (χ0) is 17.4. The van der Waals surface area contributed by atoms with Crippen molar-refractivity contribution in [2.45, 2.75) is 57.9 Å². The van der Waals surface area contributed by atoms with Gasteiger partial charge in [-0.05, 0) is 38.4 Å². The lowest BCUT2D eigenvalue weighted by Gasteiger charge is -2.32. The predicted octanol–water partition coefficient (Wildman–Crippen LogP) is 1.78. The van der Waals surface area contributed by atoms with Crippen LogP contribution in [-0.4, -0.2) is 59.4 Å². The van der Waals surface area contributed by atoms with E-state index in [4.69, 9.17) is 17.0 Å². The average Bonchev–Trinajstić information content (AvgIpc) is 3.06. The second-order valence-electron chi connectivity index (χ2n) is 6.17. The SMILES string of the molecule is CCOC(=O)CCNC(=S)N1CCCN1C(=O)NC1CCCCC1. The van der Waals surface area contributed by atoms with Crippen LogP contribution in [-0.2, 0) is 9.53 Å². The molecule has 1 saturated heterocycles. The van der Waals surface area contributed by atoms with Gasteiger partial charge in [-0.3, -0.25) is 9.80 Å². The van der Waals surface area contributed by atoms with Crippen LogP contribution in [0.15, 0.2) is 0 Å². The number of hydrazine groups is 1. The smallest absolute Gasteiger partial charge is 0.336 e. The van der Waals surface area contributed by atoms with Crippen molar-refractivity contribution in [1.82, 2.24) is 20.7 Å². The Hall–Kier alpha value is -1.57. The van der Waals surface area contributed by atoms with Gasteiger partial charge in [-0.25, -0.2) is 9.80 Å². The van der Waals surface area contributed by atoms with E-state index in [1.165, 1.54) is 19.3 Å². The van der Waals surface area contributed by atoms with Crippen molar-refractivity contribution in [3.63, 3.8) is 0 Å². The molecule has 1 aliphatic carbocycles. The Kier molecular flexibility index (Phi) is 7.55. The van der Waals surface area contributed by atoms with E-state index in [1.54, 1.807) is 16.9 Å². The molecule has 0 atom stereocenters. The normalized spacial score (nSPS) is 18.4. The Morgan fingerprint density at radius 2 is 1.83 bits per heavy atom. The predicted molar refractivity (Wildman–Crippen MR) is 95.3 cm³/mol. The quantitative estimate of drug-likeness (QED) is 0.578. The summed E-state index contributed by atoms with van der Waals surface area (Å²) in [5.74, 6) is -0.249. The highest BCUT2D eigenvalue weighted by molar-refractivity contribution is 7.80. The molecule has 0 aromatic carbocycles. The van der Waals surface area contributed by atoms with Crippen LogP contribution in [0.5, 0.6) is 0 Å². The van der Waals surface area contributed by atoms with Crippen LogP contribution in [0.4, 0.5) is 4.79 Å². The van der Waals surface area contributed by atoms with Gasteiger partial charge in [0.2, 0.25) is 0 Å². The van der Waals surface area contributed by atoms with E-state index >= 15 is 0 Å². The van der Waals surface area contributed by atoms with E-state index < -0.39 is 0 Å². The summed E-state index contributed by atoms with van der Waals surface area (Å²) in [6.07, 6.45) is 6.89. The standard InChI is InChI=1S/C16H28N4O3S/c1-2-23-14(21)9-10-17-16(24)20-12-6-11-19(20)15(22)18-13-7-4-3-5-8-13/h13H,2-12H2,1H3,(H,17,24)(H,18,22). The highest BCUT2D eigenvalue weighted by Crippen LogP contribution is 2.18. The fourth-order valence-electron chi connectivity index (χ4n) is 3.13. The summed E-state index contributed by atoms with van der Waals surface area (Å²) >= 11 is 5.37. The van der Waals surface area contributed by atoms with Crippen molar-refractivity contribution in [3.05, 3.63) is 0 Å². The van der Waals surface area contributed by atoms with Crippen molar-refractivity contribution in [1.29, 1.82) is 0 Å². The van der Waals surface area contributed by atoms with Crippen LogP contribution in [0.25, 0.3) is 0 Å². The monoisotopic (exact) mass is 356 g/mol. The third kappa shape index (κ3) is 5.51. The molecule has 1 aliphatic heterocycles. The minimum absolute atomic E-state index is 0.0751. The van der Waals surface area contributed by atoms with Crippen LogP contribution in [0.3, 0.4) is 0 Å². The van der Waals surface area contributed by atoms with E-state index in [0.29, 0.717) is 31.4 Å². The van der Waals surface area contributed by atoms with Gasteiger partial charge < -0.3 is 15.4 Å². The molecular weight excluding hydrogens is 328 g/mol. The van der Waals surface area contributed by atoms with E-state index in [2.05, 4.69) is 10.6 Å². The van der Waals surface area contributed by atoms with Crippen molar-refractivity contribution in [2.24, 2.45) is 0 Å². The van der Waals surface area contributed by atoms with Crippen molar-refractivity contribution >= 4 is 29.3 Å². The number of carbonyl (C=O) groups excluding carboxylic acids is 2. The summed E-state index contributed by atoms with van der Waals surface area (Å²) in [7, 11) is 0. The van der Waals surface area contributed by atoms with Crippen LogP contribution in [0.1, 0.15) is 51.9 Å². The molecule has 1 heterocycles. The largest absolute Gasteiger partial charge is 0.466 e. The molecule has 0 unspecified atom stereocenters. The fourth-order valence-corrected chi connectivity index (χ4v) is 3.42. The number of carbonyl (C=O) groups is 2. The Balaban J connectivity index is 1.77. The number of urea groups is 1. The Labute approximate surface area is 149 Å². The number of hydrogen-bond donors (Lipinski definition) is 2. The van der Waals surface area contributed by atoms with E-state index in [-0.39, 0.29) is 24.5 Å². The summed E-state index contributed by atoms with van der Waals surface area (Å²) in [6, 6.07) is 0.202. The molecule has 1 saturated carbocycles. The van der Waals surface area contributed by atoms with Crippen LogP contribution in [0.2, 0.25) is 0 Å². The van der Waals surface area contributed by atoms with E-state index in [9.17, 15) is 9.59 Å². The lowest BCUT2D eigenvalue weighted by atomic mass is 9.96. The first-order chi connectivity index (χ1) is 11.6. The average molecular weight is 356 g/mol. The van der Waals surface area contributed by atoms with E-state index in [1.807, 2.05) is 0 Å².